The third kappa shape index (κ3) is 5.91. The lowest BCUT2D eigenvalue weighted by Gasteiger charge is -2.19. The number of ether oxygens (including phenoxy) is 1. The van der Waals surface area contributed by atoms with Gasteiger partial charge in [0.15, 0.2) is 5.96 Å². The second-order valence-electron chi connectivity index (χ2n) is 6.98. The molecule has 2 aromatic carbocycles. The molecule has 0 aliphatic heterocycles. The van der Waals surface area contributed by atoms with Gasteiger partial charge in [-0.1, -0.05) is 36.4 Å². The minimum atomic E-state index is -0.174. The molecular formula is C22H29FIN3O. The third-order valence-electron chi connectivity index (χ3n) is 5.13. The zero-order chi connectivity index (χ0) is 19.1. The Morgan fingerprint density at radius 2 is 1.86 bits per heavy atom. The zero-order valence-corrected chi connectivity index (χ0v) is 18.8. The van der Waals surface area contributed by atoms with E-state index >= 15 is 0 Å². The van der Waals surface area contributed by atoms with E-state index in [0.717, 1.165) is 30.9 Å². The predicted molar refractivity (Wildman–Crippen MR) is 123 cm³/mol. The van der Waals surface area contributed by atoms with Crippen molar-refractivity contribution < 1.29 is 9.13 Å². The Labute approximate surface area is 184 Å². The molecule has 4 nitrogen and oxygen atoms in total. The summed E-state index contributed by atoms with van der Waals surface area (Å²) in [6.45, 7) is 4.74. The van der Waals surface area contributed by atoms with Gasteiger partial charge in [-0.05, 0) is 48.6 Å². The molecule has 6 heteroatoms. The molecule has 1 fully saturated rings. The lowest BCUT2D eigenvalue weighted by atomic mass is 9.96. The summed E-state index contributed by atoms with van der Waals surface area (Å²) in [6.07, 6.45) is 2.13. The fourth-order valence-electron chi connectivity index (χ4n) is 3.27. The van der Waals surface area contributed by atoms with Crippen molar-refractivity contribution in [3.8, 4) is 0 Å². The van der Waals surface area contributed by atoms with Gasteiger partial charge in [0, 0.05) is 32.2 Å². The van der Waals surface area contributed by atoms with Gasteiger partial charge in [-0.2, -0.15) is 0 Å². The summed E-state index contributed by atoms with van der Waals surface area (Å²) in [5.74, 6) is 0.580. The minimum absolute atomic E-state index is 0. The first-order valence-electron chi connectivity index (χ1n) is 9.52. The molecule has 2 aromatic rings. The summed E-state index contributed by atoms with van der Waals surface area (Å²) < 4.78 is 19.1. The lowest BCUT2D eigenvalue weighted by molar-refractivity contribution is 0.133. The number of nitrogens with one attached hydrogen (secondary N) is 2. The minimum Gasteiger partial charge on any atom is -0.377 e. The van der Waals surface area contributed by atoms with Crippen molar-refractivity contribution in [2.75, 3.05) is 20.2 Å². The highest BCUT2D eigenvalue weighted by molar-refractivity contribution is 14.0. The number of guanidine groups is 1. The van der Waals surface area contributed by atoms with Gasteiger partial charge in [-0.25, -0.2) is 4.39 Å². The molecule has 2 N–H and O–H groups in total. The van der Waals surface area contributed by atoms with E-state index in [4.69, 9.17) is 4.74 Å². The first-order chi connectivity index (χ1) is 13.2. The van der Waals surface area contributed by atoms with Crippen LogP contribution in [0.3, 0.4) is 0 Å². The van der Waals surface area contributed by atoms with Gasteiger partial charge in [0.25, 0.3) is 0 Å². The molecule has 0 amide bonds. The Kier molecular flexibility index (Phi) is 8.69. The van der Waals surface area contributed by atoms with Gasteiger partial charge in [0.2, 0.25) is 0 Å². The maximum Gasteiger partial charge on any atom is 0.191 e. The Balaban J connectivity index is 0.00000280. The third-order valence-corrected chi connectivity index (χ3v) is 5.13. The number of nitrogens with zero attached hydrogens (tertiary/aromatic N) is 1. The van der Waals surface area contributed by atoms with Gasteiger partial charge in [-0.3, -0.25) is 4.99 Å². The summed E-state index contributed by atoms with van der Waals surface area (Å²) >= 11 is 0. The monoisotopic (exact) mass is 497 g/mol. The molecule has 1 aliphatic carbocycles. The average Bonchev–Trinajstić information content (AvgIpc) is 3.48. The molecule has 28 heavy (non-hydrogen) atoms. The van der Waals surface area contributed by atoms with Crippen molar-refractivity contribution in [2.24, 2.45) is 4.99 Å². The summed E-state index contributed by atoms with van der Waals surface area (Å²) in [4.78, 5) is 4.33. The summed E-state index contributed by atoms with van der Waals surface area (Å²) in [5, 5.41) is 6.78. The van der Waals surface area contributed by atoms with Crippen molar-refractivity contribution >= 4 is 29.9 Å². The smallest absolute Gasteiger partial charge is 0.191 e. The van der Waals surface area contributed by atoms with E-state index < -0.39 is 0 Å². The molecule has 0 atom stereocenters. The summed E-state index contributed by atoms with van der Waals surface area (Å²) in [7, 11) is 1.77. The Bertz CT molecular complexity index is 793. The van der Waals surface area contributed by atoms with Crippen molar-refractivity contribution in [1.29, 1.82) is 0 Å². The van der Waals surface area contributed by atoms with E-state index in [1.807, 2.05) is 25.1 Å². The molecule has 0 saturated heterocycles. The van der Waals surface area contributed by atoms with E-state index in [2.05, 4.69) is 27.8 Å². The summed E-state index contributed by atoms with van der Waals surface area (Å²) in [6, 6.07) is 15.2. The highest BCUT2D eigenvalue weighted by Crippen LogP contribution is 2.47. The van der Waals surface area contributed by atoms with Crippen molar-refractivity contribution in [1.82, 2.24) is 10.6 Å². The quantitative estimate of drug-likeness (QED) is 0.324. The Morgan fingerprint density at radius 3 is 2.50 bits per heavy atom. The van der Waals surface area contributed by atoms with Gasteiger partial charge >= 0.3 is 0 Å². The molecule has 1 aliphatic rings. The van der Waals surface area contributed by atoms with Gasteiger partial charge < -0.3 is 15.4 Å². The van der Waals surface area contributed by atoms with Crippen LogP contribution in [0.4, 0.5) is 4.39 Å². The fourth-order valence-corrected chi connectivity index (χ4v) is 3.27. The first-order valence-corrected chi connectivity index (χ1v) is 9.52. The largest absolute Gasteiger partial charge is 0.377 e. The number of halogens is 2. The van der Waals surface area contributed by atoms with E-state index in [9.17, 15) is 4.39 Å². The van der Waals surface area contributed by atoms with Crippen molar-refractivity contribution in [2.45, 2.75) is 38.3 Å². The molecule has 0 aromatic heterocycles. The number of rotatable bonds is 8. The number of aliphatic imine (C=N–C) groups is 1. The van der Waals surface area contributed by atoms with Crippen LogP contribution in [-0.2, 0) is 23.3 Å². The SMILES string of the molecule is CCOCc1ccccc1CNC(=NC)NCC1(c2cccc(F)c2)CC1.I. The van der Waals surface area contributed by atoms with E-state index in [1.54, 1.807) is 19.2 Å². The van der Waals surface area contributed by atoms with Crippen LogP contribution >= 0.6 is 24.0 Å². The maximum absolute atomic E-state index is 13.6. The van der Waals surface area contributed by atoms with Crippen LogP contribution in [0.1, 0.15) is 36.5 Å². The van der Waals surface area contributed by atoms with Crippen molar-refractivity contribution in [3.63, 3.8) is 0 Å². The molecule has 0 bridgehead atoms. The van der Waals surface area contributed by atoms with Crippen LogP contribution in [0, 0.1) is 5.82 Å². The van der Waals surface area contributed by atoms with Crippen LogP contribution in [-0.4, -0.2) is 26.2 Å². The maximum atomic E-state index is 13.6. The fraction of sp³-hybridized carbons (Fsp3) is 0.409. The average molecular weight is 497 g/mol. The normalized spacial score (nSPS) is 14.9. The van der Waals surface area contributed by atoms with E-state index in [-0.39, 0.29) is 35.2 Å². The lowest BCUT2D eigenvalue weighted by Crippen LogP contribution is -2.41. The standard InChI is InChI=1S/C22H28FN3O.HI/c1-3-27-15-18-8-5-4-7-17(18)14-25-21(24-2)26-16-22(11-12-22)19-9-6-10-20(23)13-19;/h4-10,13H,3,11-12,14-16H2,1-2H3,(H2,24,25,26);1H. The van der Waals surface area contributed by atoms with Crippen LogP contribution in [0.2, 0.25) is 0 Å². The second-order valence-corrected chi connectivity index (χ2v) is 6.98. The molecular weight excluding hydrogens is 468 g/mol. The van der Waals surface area contributed by atoms with E-state index in [1.165, 1.54) is 17.2 Å². The number of benzene rings is 2. The highest BCUT2D eigenvalue weighted by atomic mass is 127. The summed E-state index contributed by atoms with van der Waals surface area (Å²) in [5.41, 5.74) is 3.46. The zero-order valence-electron chi connectivity index (χ0n) is 16.5. The number of hydrogen-bond donors (Lipinski definition) is 2. The molecule has 0 heterocycles. The Morgan fingerprint density at radius 1 is 1.11 bits per heavy atom. The van der Waals surface area contributed by atoms with Crippen LogP contribution in [0.15, 0.2) is 53.5 Å². The second kappa shape index (κ2) is 10.8. The molecule has 0 unspecified atom stereocenters. The molecule has 1 saturated carbocycles. The van der Waals surface area contributed by atoms with Crippen LogP contribution in [0.25, 0.3) is 0 Å². The van der Waals surface area contributed by atoms with Crippen molar-refractivity contribution in [3.05, 3.63) is 71.0 Å². The molecule has 0 radical (unpaired) electrons. The van der Waals surface area contributed by atoms with Gasteiger partial charge in [0.05, 0.1) is 6.61 Å². The molecule has 3 rings (SSSR count). The molecule has 152 valence electrons. The van der Waals surface area contributed by atoms with Gasteiger partial charge in [-0.15, -0.1) is 24.0 Å². The van der Waals surface area contributed by atoms with Gasteiger partial charge in [0.1, 0.15) is 5.82 Å². The molecule has 0 spiro atoms. The van der Waals surface area contributed by atoms with Crippen LogP contribution < -0.4 is 10.6 Å². The Hall–Kier alpha value is -1.67. The predicted octanol–water partition coefficient (Wildman–Crippen LogP) is 4.38. The number of hydrogen-bond acceptors (Lipinski definition) is 2. The van der Waals surface area contributed by atoms with Crippen LogP contribution in [0.5, 0.6) is 0 Å². The highest BCUT2D eigenvalue weighted by Gasteiger charge is 2.44. The van der Waals surface area contributed by atoms with E-state index in [0.29, 0.717) is 19.8 Å². The topological polar surface area (TPSA) is 45.6 Å². The first kappa shape index (κ1) is 22.6.